The fourth-order valence-corrected chi connectivity index (χ4v) is 2.94. The summed E-state index contributed by atoms with van der Waals surface area (Å²) in [6.07, 6.45) is 7.04. The van der Waals surface area contributed by atoms with Crippen molar-refractivity contribution in [2.45, 2.75) is 45.1 Å². The van der Waals surface area contributed by atoms with E-state index < -0.39 is 0 Å². The molecular formula is C12H24N2. The summed E-state index contributed by atoms with van der Waals surface area (Å²) in [5, 5.41) is 3.66. The quantitative estimate of drug-likeness (QED) is 0.741. The predicted molar refractivity (Wildman–Crippen MR) is 60.5 cm³/mol. The molecule has 2 heteroatoms. The van der Waals surface area contributed by atoms with E-state index in [-0.39, 0.29) is 0 Å². The standard InChI is InChI=1S/C12H24N2/c1-2-11-6-7-13-12(11)10-14-8-4-3-5-9-14/h11-13H,2-10H2,1H3. The number of piperidine rings is 1. The highest BCUT2D eigenvalue weighted by atomic mass is 15.2. The van der Waals surface area contributed by atoms with Gasteiger partial charge in [0, 0.05) is 12.6 Å². The van der Waals surface area contributed by atoms with Gasteiger partial charge in [0.15, 0.2) is 0 Å². The molecule has 82 valence electrons. The Morgan fingerprint density at radius 3 is 2.71 bits per heavy atom. The molecule has 14 heavy (non-hydrogen) atoms. The van der Waals surface area contributed by atoms with Crippen molar-refractivity contribution in [3.8, 4) is 0 Å². The number of hydrogen-bond acceptors (Lipinski definition) is 2. The summed E-state index contributed by atoms with van der Waals surface area (Å²) >= 11 is 0. The normalized spacial score (nSPS) is 34.9. The summed E-state index contributed by atoms with van der Waals surface area (Å²) in [6, 6.07) is 0.790. The van der Waals surface area contributed by atoms with Gasteiger partial charge in [-0.1, -0.05) is 19.8 Å². The molecule has 2 saturated heterocycles. The van der Waals surface area contributed by atoms with Crippen molar-refractivity contribution in [2.24, 2.45) is 5.92 Å². The number of nitrogens with zero attached hydrogens (tertiary/aromatic N) is 1. The highest BCUT2D eigenvalue weighted by Gasteiger charge is 2.27. The Morgan fingerprint density at radius 1 is 1.21 bits per heavy atom. The fourth-order valence-electron chi connectivity index (χ4n) is 2.94. The van der Waals surface area contributed by atoms with Crippen LogP contribution >= 0.6 is 0 Å². The van der Waals surface area contributed by atoms with E-state index in [0.29, 0.717) is 0 Å². The van der Waals surface area contributed by atoms with Gasteiger partial charge in [-0.3, -0.25) is 0 Å². The van der Waals surface area contributed by atoms with Crippen LogP contribution in [0.4, 0.5) is 0 Å². The van der Waals surface area contributed by atoms with Gasteiger partial charge in [0.1, 0.15) is 0 Å². The zero-order valence-corrected chi connectivity index (χ0v) is 9.47. The van der Waals surface area contributed by atoms with E-state index >= 15 is 0 Å². The van der Waals surface area contributed by atoms with Crippen LogP contribution in [0, 0.1) is 5.92 Å². The Kier molecular flexibility index (Phi) is 3.82. The molecule has 2 atom stereocenters. The van der Waals surface area contributed by atoms with Crippen LogP contribution in [0.3, 0.4) is 0 Å². The lowest BCUT2D eigenvalue weighted by Crippen LogP contribution is -2.42. The van der Waals surface area contributed by atoms with Gasteiger partial charge in [0.2, 0.25) is 0 Å². The summed E-state index contributed by atoms with van der Waals surface area (Å²) in [7, 11) is 0. The number of likely N-dealkylation sites (tertiary alicyclic amines) is 1. The summed E-state index contributed by atoms with van der Waals surface area (Å²) in [4.78, 5) is 2.66. The SMILES string of the molecule is CCC1CCNC1CN1CCCCC1. The van der Waals surface area contributed by atoms with Crippen LogP contribution in [0.5, 0.6) is 0 Å². The maximum Gasteiger partial charge on any atom is 0.0223 e. The maximum atomic E-state index is 3.66. The highest BCUT2D eigenvalue weighted by Crippen LogP contribution is 2.21. The average Bonchev–Trinajstić information content (AvgIpc) is 2.67. The second-order valence-corrected chi connectivity index (χ2v) is 4.88. The van der Waals surface area contributed by atoms with Crippen LogP contribution in [-0.4, -0.2) is 37.1 Å². The largest absolute Gasteiger partial charge is 0.312 e. The summed E-state index contributed by atoms with van der Waals surface area (Å²) in [5.41, 5.74) is 0. The van der Waals surface area contributed by atoms with Crippen molar-refractivity contribution in [3.05, 3.63) is 0 Å². The number of nitrogens with one attached hydrogen (secondary N) is 1. The van der Waals surface area contributed by atoms with Crippen LogP contribution in [-0.2, 0) is 0 Å². The van der Waals surface area contributed by atoms with Gasteiger partial charge in [-0.15, -0.1) is 0 Å². The van der Waals surface area contributed by atoms with Crippen molar-refractivity contribution in [2.75, 3.05) is 26.2 Å². The molecule has 0 aromatic carbocycles. The molecule has 2 aliphatic rings. The van der Waals surface area contributed by atoms with Crippen LogP contribution in [0.15, 0.2) is 0 Å². The molecule has 2 rings (SSSR count). The smallest absolute Gasteiger partial charge is 0.0223 e. The summed E-state index contributed by atoms with van der Waals surface area (Å²) < 4.78 is 0. The van der Waals surface area contributed by atoms with Crippen LogP contribution < -0.4 is 5.32 Å². The van der Waals surface area contributed by atoms with Crippen LogP contribution in [0.2, 0.25) is 0 Å². The molecule has 1 N–H and O–H groups in total. The average molecular weight is 196 g/mol. The third-order valence-electron chi connectivity index (χ3n) is 3.92. The minimum atomic E-state index is 0.790. The predicted octanol–water partition coefficient (Wildman–Crippen LogP) is 1.86. The topological polar surface area (TPSA) is 15.3 Å². The van der Waals surface area contributed by atoms with Crippen molar-refractivity contribution < 1.29 is 0 Å². The minimum absolute atomic E-state index is 0.790. The Hall–Kier alpha value is -0.0800. The lowest BCUT2D eigenvalue weighted by atomic mass is 9.97. The third-order valence-corrected chi connectivity index (χ3v) is 3.92. The first kappa shape index (κ1) is 10.4. The van der Waals surface area contributed by atoms with Gasteiger partial charge in [0.25, 0.3) is 0 Å². The fraction of sp³-hybridized carbons (Fsp3) is 1.00. The molecule has 2 aliphatic heterocycles. The van der Waals surface area contributed by atoms with E-state index in [1.807, 2.05) is 0 Å². The molecule has 0 spiro atoms. The Balaban J connectivity index is 1.77. The van der Waals surface area contributed by atoms with Gasteiger partial charge in [-0.05, 0) is 44.8 Å². The van der Waals surface area contributed by atoms with Crippen molar-refractivity contribution >= 4 is 0 Å². The van der Waals surface area contributed by atoms with E-state index in [0.717, 1.165) is 12.0 Å². The van der Waals surface area contributed by atoms with Crippen molar-refractivity contribution in [1.29, 1.82) is 0 Å². The molecule has 0 bridgehead atoms. The zero-order chi connectivity index (χ0) is 9.80. The molecule has 2 fully saturated rings. The van der Waals surface area contributed by atoms with Crippen LogP contribution in [0.25, 0.3) is 0 Å². The number of hydrogen-bond donors (Lipinski definition) is 1. The third kappa shape index (κ3) is 2.48. The summed E-state index contributed by atoms with van der Waals surface area (Å²) in [6.45, 7) is 7.57. The van der Waals surface area contributed by atoms with Gasteiger partial charge >= 0.3 is 0 Å². The van der Waals surface area contributed by atoms with Crippen LogP contribution in [0.1, 0.15) is 39.0 Å². The zero-order valence-electron chi connectivity index (χ0n) is 9.47. The van der Waals surface area contributed by atoms with E-state index in [1.54, 1.807) is 0 Å². The molecule has 0 aromatic heterocycles. The number of rotatable bonds is 3. The van der Waals surface area contributed by atoms with E-state index in [4.69, 9.17) is 0 Å². The van der Waals surface area contributed by atoms with Crippen molar-refractivity contribution in [1.82, 2.24) is 10.2 Å². The molecule has 0 radical (unpaired) electrons. The van der Waals surface area contributed by atoms with E-state index in [9.17, 15) is 0 Å². The van der Waals surface area contributed by atoms with Gasteiger partial charge in [-0.2, -0.15) is 0 Å². The molecule has 0 saturated carbocycles. The molecule has 2 unspecified atom stereocenters. The Morgan fingerprint density at radius 2 is 2.00 bits per heavy atom. The molecular weight excluding hydrogens is 172 g/mol. The molecule has 2 heterocycles. The highest BCUT2D eigenvalue weighted by molar-refractivity contribution is 4.85. The van der Waals surface area contributed by atoms with E-state index in [2.05, 4.69) is 17.1 Å². The Bertz CT molecular complexity index is 164. The van der Waals surface area contributed by atoms with Gasteiger partial charge in [-0.25, -0.2) is 0 Å². The first-order valence-corrected chi connectivity index (χ1v) is 6.36. The second-order valence-electron chi connectivity index (χ2n) is 4.88. The molecule has 0 amide bonds. The second kappa shape index (κ2) is 5.13. The lowest BCUT2D eigenvalue weighted by Gasteiger charge is -2.31. The van der Waals surface area contributed by atoms with Crippen molar-refractivity contribution in [3.63, 3.8) is 0 Å². The molecule has 0 aromatic rings. The van der Waals surface area contributed by atoms with Gasteiger partial charge < -0.3 is 10.2 Å². The first-order valence-electron chi connectivity index (χ1n) is 6.36. The minimum Gasteiger partial charge on any atom is -0.312 e. The monoisotopic (exact) mass is 196 g/mol. The van der Waals surface area contributed by atoms with Gasteiger partial charge in [0.05, 0.1) is 0 Å². The first-order chi connectivity index (χ1) is 6.90. The van der Waals surface area contributed by atoms with E-state index in [1.165, 1.54) is 58.3 Å². The summed E-state index contributed by atoms with van der Waals surface area (Å²) in [5.74, 6) is 0.942. The Labute approximate surface area is 88.1 Å². The lowest BCUT2D eigenvalue weighted by molar-refractivity contribution is 0.195. The molecule has 0 aliphatic carbocycles. The maximum absolute atomic E-state index is 3.66. The molecule has 2 nitrogen and oxygen atoms in total.